The number of nitrogens with two attached hydrogens (primary N) is 2. The van der Waals surface area contributed by atoms with Gasteiger partial charge in [0.25, 0.3) is 0 Å². The summed E-state index contributed by atoms with van der Waals surface area (Å²) in [5.41, 5.74) is 12.5. The van der Waals surface area contributed by atoms with E-state index in [-0.39, 0.29) is 0 Å². The Balaban J connectivity index is 2.34. The van der Waals surface area contributed by atoms with Crippen LogP contribution in [0.1, 0.15) is 17.0 Å². The molecule has 0 radical (unpaired) electrons. The normalized spacial score (nSPS) is 23.2. The summed E-state index contributed by atoms with van der Waals surface area (Å²) in [5.74, 6) is 0. The highest BCUT2D eigenvalue weighted by atomic mass is 32.1. The van der Waals surface area contributed by atoms with Gasteiger partial charge >= 0.3 is 0 Å². The number of hydrogen-bond donors (Lipinski definition) is 2. The van der Waals surface area contributed by atoms with E-state index in [1.54, 1.807) is 11.3 Å². The van der Waals surface area contributed by atoms with Gasteiger partial charge in [0.1, 0.15) is 0 Å². The number of fused-ring (bicyclic) bond motifs is 1. The zero-order valence-corrected chi connectivity index (χ0v) is 7.03. The fourth-order valence-corrected chi connectivity index (χ4v) is 2.30. The van der Waals surface area contributed by atoms with E-state index in [9.17, 15) is 0 Å². The van der Waals surface area contributed by atoms with Gasteiger partial charge in [-0.15, -0.1) is 11.3 Å². The van der Waals surface area contributed by atoms with Crippen molar-refractivity contribution in [1.82, 2.24) is 4.98 Å². The van der Waals surface area contributed by atoms with Crippen LogP contribution in [0.2, 0.25) is 0 Å². The molecule has 1 aliphatic carbocycles. The molecule has 1 aromatic rings. The summed E-state index contributed by atoms with van der Waals surface area (Å²) in [6.45, 7) is 0. The number of nitrogen functional groups attached to an aromatic ring is 1. The Bertz CT molecular complexity index is 269. The van der Waals surface area contributed by atoms with Crippen LogP contribution in [0.3, 0.4) is 0 Å². The number of anilines is 1. The van der Waals surface area contributed by atoms with Gasteiger partial charge in [-0.05, 0) is 12.8 Å². The smallest absolute Gasteiger partial charge is 0.180 e. The van der Waals surface area contributed by atoms with Gasteiger partial charge in [0.15, 0.2) is 5.13 Å². The lowest BCUT2D eigenvalue weighted by Gasteiger charge is -2.15. The second-order valence-electron chi connectivity index (χ2n) is 2.92. The van der Waals surface area contributed by atoms with Gasteiger partial charge in [-0.2, -0.15) is 0 Å². The molecule has 0 spiro atoms. The van der Waals surface area contributed by atoms with Crippen LogP contribution in [0.15, 0.2) is 0 Å². The van der Waals surface area contributed by atoms with Crippen molar-refractivity contribution >= 4 is 16.5 Å². The highest BCUT2D eigenvalue weighted by Gasteiger charge is 2.18. The fourth-order valence-electron chi connectivity index (χ4n) is 1.43. The Morgan fingerprint density at radius 1 is 1.55 bits per heavy atom. The third kappa shape index (κ3) is 1.23. The minimum absolute atomic E-state index is 0.295. The minimum atomic E-state index is 0.295. The third-order valence-corrected chi connectivity index (χ3v) is 2.98. The van der Waals surface area contributed by atoms with Crippen LogP contribution in [-0.2, 0) is 12.8 Å². The van der Waals surface area contributed by atoms with Gasteiger partial charge in [0.05, 0.1) is 5.69 Å². The molecule has 0 fully saturated rings. The molecule has 0 aromatic carbocycles. The average Bonchev–Trinajstić information content (AvgIpc) is 2.27. The summed E-state index contributed by atoms with van der Waals surface area (Å²) in [6.07, 6.45) is 3.04. The van der Waals surface area contributed by atoms with Crippen LogP contribution in [0, 0.1) is 0 Å². The predicted molar refractivity (Wildman–Crippen MR) is 46.5 cm³/mol. The Hall–Kier alpha value is -0.610. The van der Waals surface area contributed by atoms with Crippen molar-refractivity contribution in [2.75, 3.05) is 5.73 Å². The quantitative estimate of drug-likeness (QED) is 0.596. The first kappa shape index (κ1) is 7.06. The fraction of sp³-hybridized carbons (Fsp3) is 0.571. The highest BCUT2D eigenvalue weighted by Crippen LogP contribution is 2.27. The highest BCUT2D eigenvalue weighted by molar-refractivity contribution is 7.15. The van der Waals surface area contributed by atoms with E-state index in [2.05, 4.69) is 4.98 Å². The van der Waals surface area contributed by atoms with E-state index < -0.39 is 0 Å². The Kier molecular flexibility index (Phi) is 1.58. The number of rotatable bonds is 0. The molecule has 0 amide bonds. The van der Waals surface area contributed by atoms with Gasteiger partial charge in [0, 0.05) is 17.3 Å². The maximum Gasteiger partial charge on any atom is 0.180 e. The molecule has 3 nitrogen and oxygen atoms in total. The van der Waals surface area contributed by atoms with E-state index >= 15 is 0 Å². The predicted octanol–water partition coefficient (Wildman–Crippen LogP) is 0.541. The molecule has 2 rings (SSSR count). The molecule has 0 aliphatic heterocycles. The third-order valence-electron chi connectivity index (χ3n) is 1.99. The molecule has 4 heteroatoms. The molecule has 60 valence electrons. The van der Waals surface area contributed by atoms with E-state index in [1.807, 2.05) is 0 Å². The number of nitrogens with zero attached hydrogens (tertiary/aromatic N) is 1. The van der Waals surface area contributed by atoms with Gasteiger partial charge in [-0.3, -0.25) is 0 Å². The van der Waals surface area contributed by atoms with Crippen molar-refractivity contribution in [3.8, 4) is 0 Å². The number of aromatic nitrogens is 1. The molecule has 1 aliphatic rings. The largest absolute Gasteiger partial charge is 0.375 e. The summed E-state index contributed by atoms with van der Waals surface area (Å²) < 4.78 is 0. The van der Waals surface area contributed by atoms with Crippen LogP contribution in [0.25, 0.3) is 0 Å². The first-order valence-electron chi connectivity index (χ1n) is 3.75. The average molecular weight is 169 g/mol. The Morgan fingerprint density at radius 2 is 2.36 bits per heavy atom. The standard InChI is InChI=1S/C7H11N3S/c8-4-1-2-6-5(3-4)10-7(9)11-6/h4H,1-3,8H2,(H2,9,10). The van der Waals surface area contributed by atoms with Crippen LogP contribution in [-0.4, -0.2) is 11.0 Å². The SMILES string of the molecule is Nc1nc2c(s1)CCC(N)C2. The van der Waals surface area contributed by atoms with E-state index in [0.29, 0.717) is 11.2 Å². The minimum Gasteiger partial charge on any atom is -0.375 e. The lowest BCUT2D eigenvalue weighted by atomic mass is 9.99. The Labute approximate surface area is 69.4 Å². The summed E-state index contributed by atoms with van der Waals surface area (Å²) in [4.78, 5) is 5.56. The van der Waals surface area contributed by atoms with E-state index in [4.69, 9.17) is 11.5 Å². The van der Waals surface area contributed by atoms with Crippen LogP contribution < -0.4 is 11.5 Å². The van der Waals surface area contributed by atoms with Crippen molar-refractivity contribution < 1.29 is 0 Å². The number of hydrogen-bond acceptors (Lipinski definition) is 4. The van der Waals surface area contributed by atoms with E-state index in [1.165, 1.54) is 4.88 Å². The van der Waals surface area contributed by atoms with Crippen molar-refractivity contribution in [1.29, 1.82) is 0 Å². The Morgan fingerprint density at radius 3 is 3.18 bits per heavy atom. The molecular formula is C7H11N3S. The molecule has 1 unspecified atom stereocenters. The lowest BCUT2D eigenvalue weighted by Crippen LogP contribution is -2.27. The second kappa shape index (κ2) is 2.46. The zero-order chi connectivity index (χ0) is 7.84. The summed E-state index contributed by atoms with van der Waals surface area (Å²) in [5, 5.41) is 0.684. The lowest BCUT2D eigenvalue weighted by molar-refractivity contribution is 0.574. The molecule has 0 saturated heterocycles. The molecule has 1 heterocycles. The molecule has 4 N–H and O–H groups in total. The summed E-state index contributed by atoms with van der Waals surface area (Å²) in [6, 6.07) is 0.295. The maximum atomic E-state index is 5.78. The zero-order valence-electron chi connectivity index (χ0n) is 6.21. The van der Waals surface area contributed by atoms with Crippen LogP contribution in [0.4, 0.5) is 5.13 Å². The van der Waals surface area contributed by atoms with Crippen molar-refractivity contribution in [2.24, 2.45) is 5.73 Å². The molecule has 0 saturated carbocycles. The second-order valence-corrected chi connectivity index (χ2v) is 4.04. The molecular weight excluding hydrogens is 158 g/mol. The van der Waals surface area contributed by atoms with Gasteiger partial charge in [-0.1, -0.05) is 0 Å². The molecule has 0 bridgehead atoms. The number of aryl methyl sites for hydroxylation is 1. The van der Waals surface area contributed by atoms with Crippen molar-refractivity contribution in [3.63, 3.8) is 0 Å². The van der Waals surface area contributed by atoms with Crippen LogP contribution >= 0.6 is 11.3 Å². The van der Waals surface area contributed by atoms with Crippen molar-refractivity contribution in [2.45, 2.75) is 25.3 Å². The van der Waals surface area contributed by atoms with Gasteiger partial charge in [0.2, 0.25) is 0 Å². The first-order chi connectivity index (χ1) is 5.25. The molecule has 11 heavy (non-hydrogen) atoms. The summed E-state index contributed by atoms with van der Waals surface area (Å²) in [7, 11) is 0. The maximum absolute atomic E-state index is 5.78. The summed E-state index contributed by atoms with van der Waals surface area (Å²) >= 11 is 1.60. The molecule has 1 atom stereocenters. The molecule has 1 aromatic heterocycles. The number of thiazole rings is 1. The van der Waals surface area contributed by atoms with Gasteiger partial charge in [-0.25, -0.2) is 4.98 Å². The van der Waals surface area contributed by atoms with E-state index in [0.717, 1.165) is 25.0 Å². The first-order valence-corrected chi connectivity index (χ1v) is 4.57. The topological polar surface area (TPSA) is 64.9 Å². The van der Waals surface area contributed by atoms with Gasteiger partial charge < -0.3 is 11.5 Å². The van der Waals surface area contributed by atoms with Crippen LogP contribution in [0.5, 0.6) is 0 Å². The monoisotopic (exact) mass is 169 g/mol. The van der Waals surface area contributed by atoms with Crippen molar-refractivity contribution in [3.05, 3.63) is 10.6 Å².